The number of aliphatic hydroxyl groups excluding tert-OH is 1. The lowest BCUT2D eigenvalue weighted by Gasteiger charge is -2.04. The summed E-state index contributed by atoms with van der Waals surface area (Å²) in [6.07, 6.45) is 0. The van der Waals surface area contributed by atoms with Gasteiger partial charge in [0.25, 0.3) is 0 Å². The van der Waals surface area contributed by atoms with E-state index in [2.05, 4.69) is 47.6 Å². The van der Waals surface area contributed by atoms with E-state index in [1.54, 1.807) is 11.3 Å². The van der Waals surface area contributed by atoms with Crippen LogP contribution >= 0.6 is 11.3 Å². The molecule has 2 N–H and O–H groups in total. The Kier molecular flexibility index (Phi) is 3.67. The minimum Gasteiger partial charge on any atom is -0.395 e. The molecule has 0 radical (unpaired) electrons. The van der Waals surface area contributed by atoms with Crippen molar-refractivity contribution in [3.63, 3.8) is 0 Å². The molecule has 4 heteroatoms. The smallest absolute Gasteiger partial charge is 0.124 e. The number of thiazole rings is 1. The zero-order valence-electron chi connectivity index (χ0n) is 11.3. The van der Waals surface area contributed by atoms with E-state index in [-0.39, 0.29) is 6.61 Å². The van der Waals surface area contributed by atoms with Gasteiger partial charge in [-0.05, 0) is 48.9 Å². The molecule has 0 amide bonds. The van der Waals surface area contributed by atoms with E-state index in [1.165, 1.54) is 10.3 Å². The molecule has 3 nitrogen and oxygen atoms in total. The molecule has 0 fully saturated rings. The van der Waals surface area contributed by atoms with Crippen LogP contribution in [0.3, 0.4) is 0 Å². The third-order valence-electron chi connectivity index (χ3n) is 3.12. The monoisotopic (exact) mass is 284 g/mol. The fraction of sp³-hybridized carbons (Fsp3) is 0.188. The molecular formula is C16H16N2OS. The number of hydrogen-bond acceptors (Lipinski definition) is 4. The van der Waals surface area contributed by atoms with Crippen LogP contribution in [0.2, 0.25) is 0 Å². The fourth-order valence-corrected chi connectivity index (χ4v) is 3.16. The van der Waals surface area contributed by atoms with Crippen molar-refractivity contribution in [1.29, 1.82) is 0 Å². The number of nitrogens with zero attached hydrogens (tertiary/aromatic N) is 1. The largest absolute Gasteiger partial charge is 0.395 e. The van der Waals surface area contributed by atoms with Crippen molar-refractivity contribution >= 4 is 27.2 Å². The fourth-order valence-electron chi connectivity index (χ4n) is 2.09. The van der Waals surface area contributed by atoms with Gasteiger partial charge in [0.1, 0.15) is 5.01 Å². The van der Waals surface area contributed by atoms with Gasteiger partial charge in [0.2, 0.25) is 0 Å². The number of aromatic nitrogens is 1. The molecule has 1 heterocycles. The van der Waals surface area contributed by atoms with Crippen molar-refractivity contribution in [2.24, 2.45) is 0 Å². The van der Waals surface area contributed by atoms with Crippen molar-refractivity contribution < 1.29 is 5.11 Å². The van der Waals surface area contributed by atoms with Crippen molar-refractivity contribution in [2.45, 2.75) is 6.92 Å². The van der Waals surface area contributed by atoms with Crippen LogP contribution in [-0.4, -0.2) is 23.2 Å². The first-order valence-corrected chi connectivity index (χ1v) is 7.40. The summed E-state index contributed by atoms with van der Waals surface area (Å²) in [5, 5.41) is 13.0. The van der Waals surface area contributed by atoms with Gasteiger partial charge in [0, 0.05) is 17.8 Å². The minimum absolute atomic E-state index is 0.138. The molecule has 0 atom stereocenters. The third kappa shape index (κ3) is 2.66. The molecule has 0 aliphatic heterocycles. The van der Waals surface area contributed by atoms with Crippen molar-refractivity contribution in [3.8, 4) is 10.6 Å². The second-order valence-corrected chi connectivity index (χ2v) is 5.75. The second-order valence-electron chi connectivity index (χ2n) is 4.72. The molecule has 2 aromatic carbocycles. The molecule has 0 unspecified atom stereocenters. The summed E-state index contributed by atoms with van der Waals surface area (Å²) < 4.78 is 1.22. The SMILES string of the molecule is Cc1ccc2nc(-c3ccc(NCCO)cc3)sc2c1. The Hall–Kier alpha value is -1.91. The van der Waals surface area contributed by atoms with Crippen LogP contribution in [0.4, 0.5) is 5.69 Å². The van der Waals surface area contributed by atoms with Crippen molar-refractivity contribution in [3.05, 3.63) is 48.0 Å². The Bertz CT molecular complexity index is 719. The van der Waals surface area contributed by atoms with Crippen LogP contribution < -0.4 is 5.32 Å². The zero-order valence-corrected chi connectivity index (χ0v) is 12.1. The molecule has 3 rings (SSSR count). The standard InChI is InChI=1S/C16H16N2OS/c1-11-2-7-14-15(10-11)20-16(18-14)12-3-5-13(6-4-12)17-8-9-19/h2-7,10,17,19H,8-9H2,1H3. The molecule has 0 bridgehead atoms. The molecule has 1 aromatic heterocycles. The average Bonchev–Trinajstić information content (AvgIpc) is 2.88. The lowest BCUT2D eigenvalue weighted by molar-refractivity contribution is 0.311. The van der Waals surface area contributed by atoms with Gasteiger partial charge in [0.15, 0.2) is 0 Å². The molecule has 3 aromatic rings. The lowest BCUT2D eigenvalue weighted by atomic mass is 10.2. The van der Waals surface area contributed by atoms with Gasteiger partial charge in [-0.2, -0.15) is 0 Å². The van der Waals surface area contributed by atoms with Gasteiger partial charge in [-0.3, -0.25) is 0 Å². The predicted molar refractivity (Wildman–Crippen MR) is 85.4 cm³/mol. The number of anilines is 1. The minimum atomic E-state index is 0.138. The first-order chi connectivity index (χ1) is 9.76. The van der Waals surface area contributed by atoms with Gasteiger partial charge >= 0.3 is 0 Å². The number of aryl methyl sites for hydroxylation is 1. The number of rotatable bonds is 4. The predicted octanol–water partition coefficient (Wildman–Crippen LogP) is 3.68. The van der Waals surface area contributed by atoms with Gasteiger partial charge in [-0.15, -0.1) is 11.3 Å². The highest BCUT2D eigenvalue weighted by molar-refractivity contribution is 7.21. The Morgan fingerprint density at radius 3 is 2.70 bits per heavy atom. The number of fused-ring (bicyclic) bond motifs is 1. The molecule has 0 aliphatic rings. The van der Waals surface area contributed by atoms with Gasteiger partial charge < -0.3 is 10.4 Å². The summed E-state index contributed by atoms with van der Waals surface area (Å²) in [4.78, 5) is 4.67. The second kappa shape index (κ2) is 5.61. The summed E-state index contributed by atoms with van der Waals surface area (Å²) in [5.41, 5.74) is 4.45. The quantitative estimate of drug-likeness (QED) is 0.768. The lowest BCUT2D eigenvalue weighted by Crippen LogP contribution is -2.04. The maximum atomic E-state index is 8.79. The summed E-state index contributed by atoms with van der Waals surface area (Å²) >= 11 is 1.72. The highest BCUT2D eigenvalue weighted by Crippen LogP contribution is 2.31. The molecule has 102 valence electrons. The van der Waals surface area contributed by atoms with Crippen LogP contribution in [0.25, 0.3) is 20.8 Å². The van der Waals surface area contributed by atoms with Crippen molar-refractivity contribution in [2.75, 3.05) is 18.5 Å². The van der Waals surface area contributed by atoms with Gasteiger partial charge in [-0.25, -0.2) is 4.98 Å². The number of nitrogens with one attached hydrogen (secondary N) is 1. The summed E-state index contributed by atoms with van der Waals surface area (Å²) in [7, 11) is 0. The van der Waals surface area contributed by atoms with Gasteiger partial charge in [-0.1, -0.05) is 6.07 Å². The first-order valence-electron chi connectivity index (χ1n) is 6.58. The van der Waals surface area contributed by atoms with E-state index in [0.717, 1.165) is 21.8 Å². The van der Waals surface area contributed by atoms with Crippen LogP contribution in [0.5, 0.6) is 0 Å². The van der Waals surface area contributed by atoms with E-state index in [0.29, 0.717) is 6.54 Å². The maximum Gasteiger partial charge on any atom is 0.124 e. The van der Waals surface area contributed by atoms with Crippen LogP contribution in [0.1, 0.15) is 5.56 Å². The third-order valence-corrected chi connectivity index (χ3v) is 4.18. The van der Waals surface area contributed by atoms with Crippen molar-refractivity contribution in [1.82, 2.24) is 4.98 Å². The van der Waals surface area contributed by atoms with E-state index in [1.807, 2.05) is 12.1 Å². The van der Waals surface area contributed by atoms with E-state index >= 15 is 0 Å². The number of benzene rings is 2. The van der Waals surface area contributed by atoms with Gasteiger partial charge in [0.05, 0.1) is 16.8 Å². The molecule has 0 aliphatic carbocycles. The molecule has 0 saturated heterocycles. The topological polar surface area (TPSA) is 45.2 Å². The Labute approximate surface area is 121 Å². The van der Waals surface area contributed by atoms with E-state index in [4.69, 9.17) is 5.11 Å². The highest BCUT2D eigenvalue weighted by atomic mass is 32.1. The van der Waals surface area contributed by atoms with E-state index < -0.39 is 0 Å². The Morgan fingerprint density at radius 1 is 1.15 bits per heavy atom. The summed E-state index contributed by atoms with van der Waals surface area (Å²) in [6, 6.07) is 14.5. The van der Waals surface area contributed by atoms with Crippen LogP contribution in [0.15, 0.2) is 42.5 Å². The summed E-state index contributed by atoms with van der Waals surface area (Å²) in [6.45, 7) is 2.80. The van der Waals surface area contributed by atoms with E-state index in [9.17, 15) is 0 Å². The molecule has 0 spiro atoms. The number of hydrogen-bond donors (Lipinski definition) is 2. The first kappa shape index (κ1) is 13.1. The molecular weight excluding hydrogens is 268 g/mol. The number of aliphatic hydroxyl groups is 1. The summed E-state index contributed by atoms with van der Waals surface area (Å²) in [5.74, 6) is 0. The molecule has 20 heavy (non-hydrogen) atoms. The molecule has 0 saturated carbocycles. The van der Waals surface area contributed by atoms with Crippen LogP contribution in [-0.2, 0) is 0 Å². The zero-order chi connectivity index (χ0) is 13.9. The Balaban J connectivity index is 1.90. The highest BCUT2D eigenvalue weighted by Gasteiger charge is 2.06. The van der Waals surface area contributed by atoms with Crippen LogP contribution in [0, 0.1) is 6.92 Å². The normalized spacial score (nSPS) is 10.9. The Morgan fingerprint density at radius 2 is 1.95 bits per heavy atom. The average molecular weight is 284 g/mol. The maximum absolute atomic E-state index is 8.79.